The average molecular weight is 208 g/mol. The standard InChI is InChI=1S/C11H16N2O2/c1-7-6-8-4-2-3-5-11(8)9(14)12-10(15)13(7)11/h7-8H,2-6H2,1H3,(H,12,14,15)/t7-,8+,11+/m0/s1. The minimum atomic E-state index is -0.464. The second kappa shape index (κ2) is 2.74. The fraction of sp³-hybridized carbons (Fsp3) is 0.818. The van der Waals surface area contributed by atoms with E-state index in [4.69, 9.17) is 0 Å². The summed E-state index contributed by atoms with van der Waals surface area (Å²) < 4.78 is 0. The van der Waals surface area contributed by atoms with Crippen LogP contribution in [-0.2, 0) is 4.79 Å². The van der Waals surface area contributed by atoms with Gasteiger partial charge in [0, 0.05) is 6.04 Å². The Kier molecular flexibility index (Phi) is 1.68. The SMILES string of the molecule is C[C@H]1C[C@H]2CCCC[C@]23C(=O)NC(=O)N13. The van der Waals surface area contributed by atoms with Crippen molar-refractivity contribution in [3.05, 3.63) is 0 Å². The van der Waals surface area contributed by atoms with Crippen LogP contribution >= 0.6 is 0 Å². The third kappa shape index (κ3) is 0.924. The Bertz CT molecular complexity index is 341. The molecule has 3 aliphatic rings. The van der Waals surface area contributed by atoms with Gasteiger partial charge in [0.2, 0.25) is 0 Å². The van der Waals surface area contributed by atoms with E-state index < -0.39 is 5.54 Å². The summed E-state index contributed by atoms with van der Waals surface area (Å²) in [6.45, 7) is 2.05. The molecule has 0 aromatic rings. The molecule has 82 valence electrons. The first-order chi connectivity index (χ1) is 7.16. The Morgan fingerprint density at radius 3 is 3.00 bits per heavy atom. The van der Waals surface area contributed by atoms with Crippen molar-refractivity contribution < 1.29 is 9.59 Å². The normalized spacial score (nSPS) is 43.9. The van der Waals surface area contributed by atoms with Gasteiger partial charge in [-0.2, -0.15) is 0 Å². The smallest absolute Gasteiger partial charge is 0.307 e. The zero-order chi connectivity index (χ0) is 10.6. The lowest BCUT2D eigenvalue weighted by Gasteiger charge is -2.37. The minimum Gasteiger partial charge on any atom is -0.307 e. The molecule has 0 aromatic heterocycles. The lowest BCUT2D eigenvalue weighted by Crippen LogP contribution is -2.52. The highest BCUT2D eigenvalue weighted by Gasteiger charge is 2.63. The van der Waals surface area contributed by atoms with Crippen LogP contribution in [0, 0.1) is 5.92 Å². The fourth-order valence-electron chi connectivity index (χ4n) is 3.82. The molecule has 3 amide bonds. The summed E-state index contributed by atoms with van der Waals surface area (Å²) in [5.41, 5.74) is -0.464. The molecule has 2 saturated heterocycles. The van der Waals surface area contributed by atoms with Crippen molar-refractivity contribution in [2.24, 2.45) is 5.92 Å². The Labute approximate surface area is 89.0 Å². The first-order valence-electron chi connectivity index (χ1n) is 5.81. The van der Waals surface area contributed by atoms with Crippen molar-refractivity contribution in [2.45, 2.75) is 50.6 Å². The first-order valence-corrected chi connectivity index (χ1v) is 5.81. The number of amides is 3. The van der Waals surface area contributed by atoms with Crippen LogP contribution in [0.4, 0.5) is 4.79 Å². The molecule has 1 spiro atoms. The molecular formula is C11H16N2O2. The molecule has 4 heteroatoms. The molecule has 0 bridgehead atoms. The number of urea groups is 1. The van der Waals surface area contributed by atoms with Gasteiger partial charge >= 0.3 is 6.03 Å². The van der Waals surface area contributed by atoms with E-state index in [1.807, 2.05) is 4.90 Å². The number of hydrogen-bond acceptors (Lipinski definition) is 2. The molecule has 0 unspecified atom stereocenters. The van der Waals surface area contributed by atoms with E-state index >= 15 is 0 Å². The number of carbonyl (C=O) groups is 2. The van der Waals surface area contributed by atoms with Crippen LogP contribution in [0.2, 0.25) is 0 Å². The number of rotatable bonds is 0. The van der Waals surface area contributed by atoms with Crippen LogP contribution in [0.3, 0.4) is 0 Å². The van der Waals surface area contributed by atoms with E-state index in [9.17, 15) is 9.59 Å². The van der Waals surface area contributed by atoms with Gasteiger partial charge in [-0.05, 0) is 32.1 Å². The maximum absolute atomic E-state index is 12.0. The Balaban J connectivity index is 2.08. The van der Waals surface area contributed by atoms with E-state index in [1.54, 1.807) is 0 Å². The van der Waals surface area contributed by atoms with Crippen LogP contribution in [0.5, 0.6) is 0 Å². The Morgan fingerprint density at radius 2 is 2.20 bits per heavy atom. The summed E-state index contributed by atoms with van der Waals surface area (Å²) in [4.78, 5) is 25.5. The van der Waals surface area contributed by atoms with Gasteiger partial charge in [0.25, 0.3) is 5.91 Å². The van der Waals surface area contributed by atoms with E-state index in [-0.39, 0.29) is 18.0 Å². The van der Waals surface area contributed by atoms with Crippen molar-refractivity contribution >= 4 is 11.9 Å². The van der Waals surface area contributed by atoms with E-state index in [1.165, 1.54) is 6.42 Å². The average Bonchev–Trinajstić information content (AvgIpc) is 2.61. The van der Waals surface area contributed by atoms with Gasteiger partial charge in [-0.3, -0.25) is 10.1 Å². The van der Waals surface area contributed by atoms with Crippen LogP contribution < -0.4 is 5.32 Å². The van der Waals surface area contributed by atoms with Crippen LogP contribution in [0.25, 0.3) is 0 Å². The number of nitrogens with zero attached hydrogens (tertiary/aromatic N) is 1. The summed E-state index contributed by atoms with van der Waals surface area (Å²) in [7, 11) is 0. The van der Waals surface area contributed by atoms with Crippen LogP contribution in [0.1, 0.15) is 39.0 Å². The van der Waals surface area contributed by atoms with Crippen molar-refractivity contribution in [3.8, 4) is 0 Å². The lowest BCUT2D eigenvalue weighted by molar-refractivity contribution is -0.129. The second-order valence-electron chi connectivity index (χ2n) is 5.08. The highest BCUT2D eigenvalue weighted by Crippen LogP contribution is 2.50. The molecule has 1 N–H and O–H groups in total. The molecule has 0 aromatic carbocycles. The maximum Gasteiger partial charge on any atom is 0.325 e. The summed E-state index contributed by atoms with van der Waals surface area (Å²) in [5, 5.41) is 2.49. The monoisotopic (exact) mass is 208 g/mol. The highest BCUT2D eigenvalue weighted by atomic mass is 16.2. The highest BCUT2D eigenvalue weighted by molar-refractivity contribution is 6.08. The molecule has 3 fully saturated rings. The summed E-state index contributed by atoms with van der Waals surface area (Å²) >= 11 is 0. The minimum absolute atomic E-state index is 0.0402. The molecule has 1 aliphatic carbocycles. The zero-order valence-corrected chi connectivity index (χ0v) is 8.95. The van der Waals surface area contributed by atoms with E-state index in [2.05, 4.69) is 12.2 Å². The van der Waals surface area contributed by atoms with Crippen molar-refractivity contribution in [2.75, 3.05) is 0 Å². The van der Waals surface area contributed by atoms with E-state index in [0.29, 0.717) is 5.92 Å². The number of carbonyl (C=O) groups excluding carboxylic acids is 2. The molecule has 3 atom stereocenters. The third-order valence-electron chi connectivity index (χ3n) is 4.36. The van der Waals surface area contributed by atoms with Crippen molar-refractivity contribution in [1.29, 1.82) is 0 Å². The van der Waals surface area contributed by atoms with Crippen molar-refractivity contribution in [3.63, 3.8) is 0 Å². The zero-order valence-electron chi connectivity index (χ0n) is 8.95. The number of nitrogens with one attached hydrogen (secondary N) is 1. The fourth-order valence-corrected chi connectivity index (χ4v) is 3.82. The molecule has 0 radical (unpaired) electrons. The third-order valence-corrected chi connectivity index (χ3v) is 4.36. The molecule has 2 aliphatic heterocycles. The quantitative estimate of drug-likeness (QED) is 0.609. The molecule has 3 rings (SSSR count). The second-order valence-corrected chi connectivity index (χ2v) is 5.08. The van der Waals surface area contributed by atoms with Gasteiger partial charge in [-0.15, -0.1) is 0 Å². The Morgan fingerprint density at radius 1 is 1.40 bits per heavy atom. The van der Waals surface area contributed by atoms with Gasteiger partial charge in [0.05, 0.1) is 0 Å². The predicted molar refractivity (Wildman–Crippen MR) is 54.1 cm³/mol. The summed E-state index contributed by atoms with van der Waals surface area (Å²) in [5.74, 6) is 0.356. The first kappa shape index (κ1) is 9.19. The molecular weight excluding hydrogens is 192 g/mol. The summed E-state index contributed by atoms with van der Waals surface area (Å²) in [6, 6.07) is 0.0523. The maximum atomic E-state index is 12.0. The molecule has 4 nitrogen and oxygen atoms in total. The molecule has 2 heterocycles. The van der Waals surface area contributed by atoms with Gasteiger partial charge in [-0.25, -0.2) is 4.79 Å². The largest absolute Gasteiger partial charge is 0.325 e. The summed E-state index contributed by atoms with van der Waals surface area (Å²) in [6.07, 6.45) is 5.23. The van der Waals surface area contributed by atoms with Gasteiger partial charge in [-0.1, -0.05) is 12.8 Å². The van der Waals surface area contributed by atoms with Crippen LogP contribution in [0.15, 0.2) is 0 Å². The number of hydrogen-bond donors (Lipinski definition) is 1. The van der Waals surface area contributed by atoms with E-state index in [0.717, 1.165) is 25.7 Å². The lowest BCUT2D eigenvalue weighted by atomic mass is 9.73. The molecule has 1 saturated carbocycles. The topological polar surface area (TPSA) is 49.4 Å². The van der Waals surface area contributed by atoms with Crippen molar-refractivity contribution in [1.82, 2.24) is 10.2 Å². The molecule has 15 heavy (non-hydrogen) atoms. The van der Waals surface area contributed by atoms with Gasteiger partial charge < -0.3 is 4.90 Å². The predicted octanol–water partition coefficient (Wildman–Crippen LogP) is 1.26. The Hall–Kier alpha value is -1.06. The van der Waals surface area contributed by atoms with Gasteiger partial charge in [0.1, 0.15) is 5.54 Å². The van der Waals surface area contributed by atoms with Crippen LogP contribution in [-0.4, -0.2) is 28.4 Å². The van der Waals surface area contributed by atoms with Gasteiger partial charge in [0.15, 0.2) is 0 Å². The number of imide groups is 1.